The summed E-state index contributed by atoms with van der Waals surface area (Å²) in [6.45, 7) is 0. The van der Waals surface area contributed by atoms with Crippen molar-refractivity contribution in [3.63, 3.8) is 0 Å². The molecule has 0 saturated carbocycles. The van der Waals surface area contributed by atoms with Crippen molar-refractivity contribution >= 4 is 31.0 Å². The van der Waals surface area contributed by atoms with Crippen LogP contribution in [0, 0.1) is 0 Å². The van der Waals surface area contributed by atoms with E-state index in [9.17, 15) is 16.8 Å². The van der Waals surface area contributed by atoms with Gasteiger partial charge in [0.15, 0.2) is 0 Å². The Kier molecular flexibility index (Phi) is 4.47. The maximum Gasteiger partial charge on any atom is 0.206 e. The molecule has 26 heavy (non-hydrogen) atoms. The van der Waals surface area contributed by atoms with Crippen LogP contribution in [0.1, 0.15) is 0 Å². The van der Waals surface area contributed by atoms with Crippen LogP contribution in [0.15, 0.2) is 92.4 Å². The predicted molar refractivity (Wildman–Crippen MR) is 99.1 cm³/mol. The molecule has 0 spiro atoms. The van der Waals surface area contributed by atoms with Gasteiger partial charge in [-0.15, -0.1) is 0 Å². The molecule has 0 aliphatic rings. The third-order valence-electron chi connectivity index (χ3n) is 3.78. The van der Waals surface area contributed by atoms with Crippen LogP contribution in [-0.4, -0.2) is 16.8 Å². The van der Waals surface area contributed by atoms with Gasteiger partial charge >= 0.3 is 0 Å². The molecule has 0 aliphatic heterocycles. The average molecular weight is 388 g/mol. The third kappa shape index (κ3) is 3.29. The van der Waals surface area contributed by atoms with Crippen molar-refractivity contribution in [2.75, 3.05) is 11.5 Å². The lowest BCUT2D eigenvalue weighted by molar-refractivity contribution is 0.594. The van der Waals surface area contributed by atoms with E-state index in [-0.39, 0.29) is 19.6 Å². The van der Waals surface area contributed by atoms with Crippen LogP contribution in [0.5, 0.6) is 0 Å². The molecule has 0 fully saturated rings. The maximum atomic E-state index is 12.8. The Balaban J connectivity index is 2.10. The van der Waals surface area contributed by atoms with Crippen LogP contribution in [0.25, 0.3) is 0 Å². The first kappa shape index (κ1) is 18.0. The lowest BCUT2D eigenvalue weighted by Gasteiger charge is -2.09. The van der Waals surface area contributed by atoms with Gasteiger partial charge in [0.05, 0.1) is 19.6 Å². The summed E-state index contributed by atoms with van der Waals surface area (Å²) in [6, 6.07) is 16.8. The summed E-state index contributed by atoms with van der Waals surface area (Å²) < 4.78 is 51.1. The Bertz CT molecular complexity index is 1170. The van der Waals surface area contributed by atoms with E-state index in [2.05, 4.69) is 0 Å². The Labute approximate surface area is 151 Å². The minimum absolute atomic E-state index is 0.000433. The number of hydrogen-bond acceptors (Lipinski definition) is 6. The summed E-state index contributed by atoms with van der Waals surface area (Å²) in [4.78, 5) is -0.211. The normalized spacial score (nSPS) is 12.0. The summed E-state index contributed by atoms with van der Waals surface area (Å²) in [7, 11) is -7.77. The number of nitrogen functional groups attached to an aromatic ring is 2. The molecule has 4 N–H and O–H groups in total. The van der Waals surface area contributed by atoms with Gasteiger partial charge in [0.25, 0.3) is 0 Å². The van der Waals surface area contributed by atoms with Gasteiger partial charge in [-0.1, -0.05) is 12.1 Å². The molecule has 0 heterocycles. The zero-order chi connectivity index (χ0) is 18.9. The van der Waals surface area contributed by atoms with Gasteiger partial charge in [0, 0.05) is 11.4 Å². The van der Waals surface area contributed by atoms with Crippen molar-refractivity contribution in [3.8, 4) is 0 Å². The van der Waals surface area contributed by atoms with Gasteiger partial charge in [-0.25, -0.2) is 16.8 Å². The molecule has 0 saturated heterocycles. The SMILES string of the molecule is Nc1ccc(S(=O)(=O)c2cccc(S(=O)(=O)c3cccc(N)c3)c2)cc1. The summed E-state index contributed by atoms with van der Waals surface area (Å²) >= 11 is 0. The molecule has 0 unspecified atom stereocenters. The zero-order valence-corrected chi connectivity index (χ0v) is 15.2. The summed E-state index contributed by atoms with van der Waals surface area (Å²) in [5, 5.41) is 0. The van der Waals surface area contributed by atoms with Crippen LogP contribution >= 0.6 is 0 Å². The van der Waals surface area contributed by atoms with Gasteiger partial charge in [-0.05, 0) is 60.7 Å². The van der Waals surface area contributed by atoms with E-state index in [1.54, 1.807) is 6.07 Å². The fraction of sp³-hybridized carbons (Fsp3) is 0. The lowest BCUT2D eigenvalue weighted by Crippen LogP contribution is -2.06. The zero-order valence-electron chi connectivity index (χ0n) is 13.5. The topological polar surface area (TPSA) is 120 Å². The predicted octanol–water partition coefficient (Wildman–Crippen LogP) is 2.52. The third-order valence-corrected chi connectivity index (χ3v) is 7.30. The van der Waals surface area contributed by atoms with Crippen LogP contribution in [-0.2, 0) is 19.7 Å². The fourth-order valence-corrected chi connectivity index (χ4v) is 5.15. The van der Waals surface area contributed by atoms with Crippen LogP contribution < -0.4 is 11.5 Å². The molecule has 6 nitrogen and oxygen atoms in total. The van der Waals surface area contributed by atoms with Gasteiger partial charge in [-0.2, -0.15) is 0 Å². The van der Waals surface area contributed by atoms with Crippen molar-refractivity contribution in [3.05, 3.63) is 72.8 Å². The van der Waals surface area contributed by atoms with E-state index in [1.165, 1.54) is 60.7 Å². The van der Waals surface area contributed by atoms with Gasteiger partial charge in [-0.3, -0.25) is 0 Å². The molecular formula is C18H16N2O4S2. The average Bonchev–Trinajstić information content (AvgIpc) is 2.62. The van der Waals surface area contributed by atoms with Crippen molar-refractivity contribution in [2.24, 2.45) is 0 Å². The fourth-order valence-electron chi connectivity index (χ4n) is 2.41. The number of nitrogens with two attached hydrogens (primary N) is 2. The van der Waals surface area contributed by atoms with E-state index in [0.29, 0.717) is 11.4 Å². The Morgan fingerprint density at radius 2 is 0.962 bits per heavy atom. The monoisotopic (exact) mass is 388 g/mol. The maximum absolute atomic E-state index is 12.8. The first-order chi connectivity index (χ1) is 12.2. The molecule has 0 amide bonds. The largest absolute Gasteiger partial charge is 0.399 e. The highest BCUT2D eigenvalue weighted by Gasteiger charge is 2.23. The summed E-state index contributed by atoms with van der Waals surface area (Å²) in [6.07, 6.45) is 0. The van der Waals surface area contributed by atoms with Crippen molar-refractivity contribution < 1.29 is 16.8 Å². The van der Waals surface area contributed by atoms with Crippen molar-refractivity contribution in [2.45, 2.75) is 19.6 Å². The second-order valence-corrected chi connectivity index (χ2v) is 9.52. The summed E-state index contributed by atoms with van der Waals surface area (Å²) in [5.41, 5.74) is 12.0. The number of sulfone groups is 2. The molecule has 0 aliphatic carbocycles. The van der Waals surface area contributed by atoms with E-state index in [1.807, 2.05) is 0 Å². The van der Waals surface area contributed by atoms with Crippen LogP contribution in [0.3, 0.4) is 0 Å². The number of anilines is 2. The first-order valence-electron chi connectivity index (χ1n) is 7.52. The van der Waals surface area contributed by atoms with Crippen molar-refractivity contribution in [1.29, 1.82) is 0 Å². The highest BCUT2D eigenvalue weighted by molar-refractivity contribution is 7.92. The molecule has 3 aromatic rings. The number of hydrogen-bond donors (Lipinski definition) is 2. The smallest absolute Gasteiger partial charge is 0.206 e. The minimum atomic E-state index is -3.90. The lowest BCUT2D eigenvalue weighted by atomic mass is 10.3. The Morgan fingerprint density at radius 1 is 0.500 bits per heavy atom. The first-order valence-corrected chi connectivity index (χ1v) is 10.5. The standard InChI is InChI=1S/C18H16N2O4S2/c19-13-7-9-15(10-8-13)25(21,22)17-5-2-6-18(12-17)26(23,24)16-4-1-3-14(20)11-16/h1-12H,19-20H2. The summed E-state index contributed by atoms with van der Waals surface area (Å²) in [5.74, 6) is 0. The molecule has 8 heteroatoms. The van der Waals surface area contributed by atoms with Gasteiger partial charge in [0.2, 0.25) is 19.7 Å². The molecule has 0 aromatic heterocycles. The number of benzene rings is 3. The molecule has 134 valence electrons. The van der Waals surface area contributed by atoms with Crippen molar-refractivity contribution in [1.82, 2.24) is 0 Å². The van der Waals surface area contributed by atoms with E-state index in [0.717, 1.165) is 6.07 Å². The Hall–Kier alpha value is -2.84. The van der Waals surface area contributed by atoms with Gasteiger partial charge < -0.3 is 11.5 Å². The van der Waals surface area contributed by atoms with Crippen LogP contribution in [0.4, 0.5) is 11.4 Å². The van der Waals surface area contributed by atoms with E-state index < -0.39 is 19.7 Å². The minimum Gasteiger partial charge on any atom is -0.399 e. The molecule has 0 atom stereocenters. The molecule has 0 radical (unpaired) electrons. The Morgan fingerprint density at radius 3 is 1.50 bits per heavy atom. The second-order valence-electron chi connectivity index (χ2n) is 5.62. The molecule has 3 rings (SSSR count). The number of rotatable bonds is 4. The van der Waals surface area contributed by atoms with E-state index in [4.69, 9.17) is 11.5 Å². The second kappa shape index (κ2) is 6.47. The van der Waals surface area contributed by atoms with Crippen LogP contribution in [0.2, 0.25) is 0 Å². The van der Waals surface area contributed by atoms with Gasteiger partial charge in [0.1, 0.15) is 0 Å². The molecule has 0 bridgehead atoms. The molecular weight excluding hydrogens is 372 g/mol. The quantitative estimate of drug-likeness (QED) is 0.663. The highest BCUT2D eigenvalue weighted by Crippen LogP contribution is 2.27. The highest BCUT2D eigenvalue weighted by atomic mass is 32.2. The van der Waals surface area contributed by atoms with E-state index >= 15 is 0 Å². The molecule has 3 aromatic carbocycles.